The molecule has 4 rings (SSSR count). The van der Waals surface area contributed by atoms with Crippen molar-refractivity contribution in [2.24, 2.45) is 0 Å². The van der Waals surface area contributed by atoms with Crippen LogP contribution in [0.2, 0.25) is 4.34 Å². The number of anilines is 1. The lowest BCUT2D eigenvalue weighted by atomic mass is 10.2. The molecule has 0 radical (unpaired) electrons. The zero-order valence-electron chi connectivity index (χ0n) is 16.3. The van der Waals surface area contributed by atoms with Gasteiger partial charge in [-0.1, -0.05) is 11.6 Å². The van der Waals surface area contributed by atoms with Gasteiger partial charge < -0.3 is 15.0 Å². The number of hydrogen-bond acceptors (Lipinski definition) is 7. The lowest BCUT2D eigenvalue weighted by Gasteiger charge is -2.35. The highest BCUT2D eigenvalue weighted by Gasteiger charge is 2.31. The van der Waals surface area contributed by atoms with Crippen LogP contribution in [0.3, 0.4) is 0 Å². The summed E-state index contributed by atoms with van der Waals surface area (Å²) in [5, 5.41) is 2.93. The molecule has 2 aliphatic heterocycles. The van der Waals surface area contributed by atoms with Crippen molar-refractivity contribution in [3.63, 3.8) is 0 Å². The van der Waals surface area contributed by atoms with Crippen molar-refractivity contribution in [1.29, 1.82) is 0 Å². The average Bonchev–Trinajstić information content (AvgIpc) is 3.44. The summed E-state index contributed by atoms with van der Waals surface area (Å²) in [6.07, 6.45) is 3.67. The minimum absolute atomic E-state index is 0.0635. The van der Waals surface area contributed by atoms with Crippen LogP contribution in [0.4, 0.5) is 5.82 Å². The van der Waals surface area contributed by atoms with Crippen molar-refractivity contribution < 1.29 is 17.9 Å². The molecule has 0 bridgehead atoms. The number of nitrogens with one attached hydrogen (secondary N) is 1. The second-order valence-electron chi connectivity index (χ2n) is 7.17. The van der Waals surface area contributed by atoms with Crippen LogP contribution in [0.1, 0.15) is 23.2 Å². The largest absolute Gasteiger partial charge is 0.376 e. The third-order valence-electron chi connectivity index (χ3n) is 5.23. The van der Waals surface area contributed by atoms with Gasteiger partial charge in [0.1, 0.15) is 10.0 Å². The number of sulfonamides is 1. The van der Waals surface area contributed by atoms with Gasteiger partial charge in [0.15, 0.2) is 0 Å². The van der Waals surface area contributed by atoms with E-state index in [9.17, 15) is 13.2 Å². The van der Waals surface area contributed by atoms with Crippen LogP contribution < -0.4 is 10.2 Å². The molecule has 0 aromatic carbocycles. The zero-order chi connectivity index (χ0) is 21.1. The van der Waals surface area contributed by atoms with E-state index >= 15 is 0 Å². The Morgan fingerprint density at radius 1 is 1.27 bits per heavy atom. The van der Waals surface area contributed by atoms with Crippen LogP contribution in [0.25, 0.3) is 0 Å². The first-order valence-corrected chi connectivity index (χ1v) is 12.4. The van der Waals surface area contributed by atoms with Crippen molar-refractivity contribution in [1.82, 2.24) is 14.6 Å². The number of rotatable bonds is 6. The van der Waals surface area contributed by atoms with E-state index in [1.807, 2.05) is 4.90 Å². The number of hydrogen-bond donors (Lipinski definition) is 1. The first-order valence-electron chi connectivity index (χ1n) is 9.80. The maximum absolute atomic E-state index is 12.8. The van der Waals surface area contributed by atoms with E-state index < -0.39 is 10.0 Å². The highest BCUT2D eigenvalue weighted by molar-refractivity contribution is 7.91. The lowest BCUT2D eigenvalue weighted by molar-refractivity contribution is 0.0858. The Morgan fingerprint density at radius 2 is 2.07 bits per heavy atom. The van der Waals surface area contributed by atoms with Crippen LogP contribution in [-0.4, -0.2) is 69.0 Å². The lowest BCUT2D eigenvalue weighted by Crippen LogP contribution is -2.49. The number of thiophene rings is 1. The Bertz CT molecular complexity index is 999. The van der Waals surface area contributed by atoms with Gasteiger partial charge in [-0.2, -0.15) is 4.31 Å². The van der Waals surface area contributed by atoms with E-state index in [0.717, 1.165) is 30.8 Å². The van der Waals surface area contributed by atoms with Crippen molar-refractivity contribution in [2.75, 3.05) is 44.2 Å². The molecule has 2 aliphatic rings. The predicted molar refractivity (Wildman–Crippen MR) is 116 cm³/mol. The summed E-state index contributed by atoms with van der Waals surface area (Å²) in [6.45, 7) is 2.73. The summed E-state index contributed by atoms with van der Waals surface area (Å²) in [5.41, 5.74) is 0.483. The van der Waals surface area contributed by atoms with E-state index in [-0.39, 0.29) is 16.2 Å². The fraction of sp³-hybridized carbons (Fsp3) is 0.474. The summed E-state index contributed by atoms with van der Waals surface area (Å²) in [5.74, 6) is 0.371. The summed E-state index contributed by atoms with van der Waals surface area (Å²) in [7, 11) is -3.56. The van der Waals surface area contributed by atoms with Gasteiger partial charge in [0.25, 0.3) is 15.9 Å². The van der Waals surface area contributed by atoms with Crippen LogP contribution in [0, 0.1) is 0 Å². The van der Waals surface area contributed by atoms with Crippen LogP contribution in [0.15, 0.2) is 34.7 Å². The summed E-state index contributed by atoms with van der Waals surface area (Å²) in [6, 6.07) is 6.59. The molecule has 8 nitrogen and oxygen atoms in total. The molecule has 1 N–H and O–H groups in total. The number of carbonyl (C=O) groups is 1. The molecule has 2 saturated heterocycles. The Balaban J connectivity index is 1.41. The monoisotopic (exact) mass is 470 g/mol. The van der Waals surface area contributed by atoms with E-state index in [1.54, 1.807) is 24.4 Å². The first kappa shape index (κ1) is 21.5. The molecule has 0 spiro atoms. The third-order valence-corrected chi connectivity index (χ3v) is 8.82. The van der Waals surface area contributed by atoms with Crippen LogP contribution >= 0.6 is 22.9 Å². The second-order valence-corrected chi connectivity index (χ2v) is 11.0. The molecule has 2 fully saturated rings. The SMILES string of the molecule is O=C(NCC1CCCO1)c1cccnc1N1CCN(S(=O)(=O)c2ccc(Cl)s2)CC1. The van der Waals surface area contributed by atoms with Gasteiger partial charge in [-0.05, 0) is 37.1 Å². The second kappa shape index (κ2) is 9.19. The molecule has 4 heterocycles. The number of carbonyl (C=O) groups excluding carboxylic acids is 1. The average molecular weight is 471 g/mol. The number of piperazine rings is 1. The minimum atomic E-state index is -3.56. The summed E-state index contributed by atoms with van der Waals surface area (Å²) < 4.78 is 33.3. The van der Waals surface area contributed by atoms with Crippen molar-refractivity contribution in [2.45, 2.75) is 23.2 Å². The first-order chi connectivity index (χ1) is 14.4. The maximum Gasteiger partial charge on any atom is 0.255 e. The fourth-order valence-electron chi connectivity index (χ4n) is 3.64. The van der Waals surface area contributed by atoms with E-state index in [0.29, 0.717) is 48.4 Å². The number of halogens is 1. The van der Waals surface area contributed by atoms with Crippen molar-refractivity contribution in [3.05, 3.63) is 40.4 Å². The van der Waals surface area contributed by atoms with Gasteiger partial charge in [0.2, 0.25) is 0 Å². The smallest absolute Gasteiger partial charge is 0.255 e. The molecule has 1 atom stereocenters. The molecule has 1 amide bonds. The highest BCUT2D eigenvalue weighted by Crippen LogP contribution is 2.29. The Morgan fingerprint density at radius 3 is 2.73 bits per heavy atom. The quantitative estimate of drug-likeness (QED) is 0.696. The van der Waals surface area contributed by atoms with E-state index in [1.165, 1.54) is 10.4 Å². The molecule has 0 saturated carbocycles. The van der Waals surface area contributed by atoms with Gasteiger partial charge in [0.05, 0.1) is 16.0 Å². The third kappa shape index (κ3) is 4.62. The van der Waals surface area contributed by atoms with E-state index in [2.05, 4.69) is 10.3 Å². The maximum atomic E-state index is 12.8. The molecular weight excluding hydrogens is 448 g/mol. The number of ether oxygens (including phenoxy) is 1. The summed E-state index contributed by atoms with van der Waals surface area (Å²) >= 11 is 6.95. The normalized spacial score (nSPS) is 20.4. The number of aromatic nitrogens is 1. The summed E-state index contributed by atoms with van der Waals surface area (Å²) in [4.78, 5) is 19.1. The Kier molecular flexibility index (Phi) is 6.59. The number of nitrogens with zero attached hydrogens (tertiary/aromatic N) is 3. The molecule has 2 aromatic heterocycles. The molecule has 0 aliphatic carbocycles. The van der Waals surface area contributed by atoms with Gasteiger partial charge in [-0.25, -0.2) is 13.4 Å². The van der Waals surface area contributed by atoms with Crippen LogP contribution in [-0.2, 0) is 14.8 Å². The number of pyridine rings is 1. The molecule has 11 heteroatoms. The molecule has 2 aromatic rings. The van der Waals surface area contributed by atoms with Crippen molar-refractivity contribution >= 4 is 44.7 Å². The zero-order valence-corrected chi connectivity index (χ0v) is 18.7. The topological polar surface area (TPSA) is 91.8 Å². The van der Waals surface area contributed by atoms with Crippen LogP contribution in [0.5, 0.6) is 0 Å². The van der Waals surface area contributed by atoms with Gasteiger partial charge in [0, 0.05) is 45.5 Å². The van der Waals surface area contributed by atoms with Gasteiger partial charge in [-0.15, -0.1) is 11.3 Å². The van der Waals surface area contributed by atoms with E-state index in [4.69, 9.17) is 16.3 Å². The highest BCUT2D eigenvalue weighted by atomic mass is 35.5. The standard InChI is InChI=1S/C19H23ClN4O4S2/c20-16-5-6-17(29-16)30(26,27)24-10-8-23(9-11-24)18-15(4-1-7-21-18)19(25)22-13-14-3-2-12-28-14/h1,4-7,14H,2-3,8-13H2,(H,22,25). The Labute approximate surface area is 184 Å². The Hall–Kier alpha value is -1.72. The molecule has 162 valence electrons. The van der Waals surface area contributed by atoms with Gasteiger partial charge >= 0.3 is 0 Å². The molecule has 1 unspecified atom stereocenters. The molecule has 30 heavy (non-hydrogen) atoms. The molecular formula is C19H23ClN4O4S2. The van der Waals surface area contributed by atoms with Gasteiger partial charge in [-0.3, -0.25) is 4.79 Å². The van der Waals surface area contributed by atoms with Crippen molar-refractivity contribution in [3.8, 4) is 0 Å². The minimum Gasteiger partial charge on any atom is -0.376 e. The fourth-order valence-corrected chi connectivity index (χ4v) is 6.70. The predicted octanol–water partition coefficient (Wildman–Crippen LogP) is 2.22. The number of amides is 1.